The second kappa shape index (κ2) is 7.91. The summed E-state index contributed by atoms with van der Waals surface area (Å²) < 4.78 is 66.1. The van der Waals surface area contributed by atoms with Crippen LogP contribution in [-0.2, 0) is 12.7 Å². The number of nitrogens with one attached hydrogen (secondary N) is 1. The molecule has 0 bridgehead atoms. The van der Waals surface area contributed by atoms with Crippen molar-refractivity contribution >= 4 is 22.5 Å². The highest BCUT2D eigenvalue weighted by Crippen LogP contribution is 2.40. The number of hydrogen-bond donors (Lipinski definition) is 1. The smallest absolute Gasteiger partial charge is 0.310 e. The number of benzene rings is 2. The number of thioether (sulfide) groups is 1. The lowest BCUT2D eigenvalue weighted by molar-refractivity contribution is -0.140. The van der Waals surface area contributed by atoms with Crippen molar-refractivity contribution in [2.45, 2.75) is 41.7 Å². The molecule has 1 aliphatic rings. The van der Waals surface area contributed by atoms with E-state index in [0.717, 1.165) is 35.7 Å². The van der Waals surface area contributed by atoms with E-state index in [1.54, 1.807) is 24.5 Å². The summed E-state index contributed by atoms with van der Waals surface area (Å²) in [5, 5.41) is 5.13. The Morgan fingerprint density at radius 3 is 2.55 bits per heavy atom. The van der Waals surface area contributed by atoms with E-state index in [0.29, 0.717) is 17.0 Å². The first-order chi connectivity index (χ1) is 13.8. The molecule has 1 aliphatic carbocycles. The monoisotopic (exact) mass is 424 g/mol. The first-order valence-corrected chi connectivity index (χ1v) is 9.97. The molecule has 1 fully saturated rings. The zero-order valence-corrected chi connectivity index (χ0v) is 16.0. The summed E-state index contributed by atoms with van der Waals surface area (Å²) in [5.74, 6) is -1.55. The van der Waals surface area contributed by atoms with Gasteiger partial charge in [-0.3, -0.25) is 4.98 Å². The Morgan fingerprint density at radius 2 is 1.79 bits per heavy atom. The van der Waals surface area contributed by atoms with Gasteiger partial charge in [0.05, 0.1) is 5.56 Å². The van der Waals surface area contributed by atoms with Crippen LogP contribution in [0, 0.1) is 11.6 Å². The van der Waals surface area contributed by atoms with Crippen molar-refractivity contribution in [2.75, 3.05) is 0 Å². The lowest BCUT2D eigenvalue weighted by atomic mass is 9.92. The fraction of sp³-hybridized carbons (Fsp3) is 0.286. The molecule has 0 unspecified atom stereocenters. The van der Waals surface area contributed by atoms with Gasteiger partial charge in [0, 0.05) is 46.1 Å². The van der Waals surface area contributed by atoms with Crippen molar-refractivity contribution in [3.63, 3.8) is 0 Å². The van der Waals surface area contributed by atoms with Crippen molar-refractivity contribution in [1.29, 1.82) is 0 Å². The molecule has 2 nitrogen and oxygen atoms in total. The van der Waals surface area contributed by atoms with Gasteiger partial charge >= 0.3 is 6.18 Å². The molecular formula is C21H17F5N2S. The average Bonchev–Trinajstić information content (AvgIpc) is 2.65. The summed E-state index contributed by atoms with van der Waals surface area (Å²) in [6, 6.07) is 8.14. The number of fused-ring (bicyclic) bond motifs is 1. The van der Waals surface area contributed by atoms with Gasteiger partial charge in [0.1, 0.15) is 11.6 Å². The van der Waals surface area contributed by atoms with Crippen LogP contribution in [0.25, 0.3) is 10.8 Å². The fourth-order valence-electron chi connectivity index (χ4n) is 3.45. The van der Waals surface area contributed by atoms with Crippen LogP contribution in [0.15, 0.2) is 53.7 Å². The highest BCUT2D eigenvalue weighted by atomic mass is 32.2. The summed E-state index contributed by atoms with van der Waals surface area (Å²) in [4.78, 5) is 4.44. The van der Waals surface area contributed by atoms with Crippen molar-refractivity contribution in [2.24, 2.45) is 0 Å². The Kier molecular flexibility index (Phi) is 5.48. The minimum absolute atomic E-state index is 0.139. The van der Waals surface area contributed by atoms with E-state index in [4.69, 9.17) is 0 Å². The molecule has 0 spiro atoms. The third-order valence-electron chi connectivity index (χ3n) is 5.08. The maximum Gasteiger partial charge on any atom is 0.419 e. The number of alkyl halides is 3. The lowest BCUT2D eigenvalue weighted by Gasteiger charge is -2.35. The molecule has 29 heavy (non-hydrogen) atoms. The molecule has 2 aromatic carbocycles. The van der Waals surface area contributed by atoms with Gasteiger partial charge in [-0.2, -0.15) is 13.2 Å². The van der Waals surface area contributed by atoms with Gasteiger partial charge in [-0.15, -0.1) is 11.8 Å². The molecule has 0 amide bonds. The summed E-state index contributed by atoms with van der Waals surface area (Å²) >= 11 is 1.31. The van der Waals surface area contributed by atoms with Crippen molar-refractivity contribution in [3.05, 3.63) is 71.6 Å². The third kappa shape index (κ3) is 4.38. The topological polar surface area (TPSA) is 24.9 Å². The fourth-order valence-corrected chi connectivity index (χ4v) is 4.82. The maximum absolute atomic E-state index is 14.2. The summed E-state index contributed by atoms with van der Waals surface area (Å²) in [7, 11) is 0. The van der Waals surface area contributed by atoms with E-state index >= 15 is 0 Å². The Morgan fingerprint density at radius 1 is 1.03 bits per heavy atom. The second-order valence-corrected chi connectivity index (χ2v) is 8.43. The molecule has 1 aromatic heterocycles. The number of nitrogens with zero attached hydrogens (tertiary/aromatic N) is 1. The molecule has 3 aromatic rings. The average molecular weight is 424 g/mol. The highest BCUT2D eigenvalue weighted by molar-refractivity contribution is 8.00. The van der Waals surface area contributed by atoms with E-state index in [1.165, 1.54) is 23.9 Å². The van der Waals surface area contributed by atoms with Gasteiger partial charge < -0.3 is 5.32 Å². The number of hydrogen-bond acceptors (Lipinski definition) is 3. The number of rotatable bonds is 5. The molecule has 152 valence electrons. The van der Waals surface area contributed by atoms with Gasteiger partial charge in [-0.25, -0.2) is 8.78 Å². The van der Waals surface area contributed by atoms with Gasteiger partial charge in [0.2, 0.25) is 0 Å². The molecular weight excluding hydrogens is 407 g/mol. The molecule has 0 aliphatic heterocycles. The largest absolute Gasteiger partial charge is 0.419 e. The maximum atomic E-state index is 14.2. The van der Waals surface area contributed by atoms with E-state index in [1.807, 2.05) is 0 Å². The summed E-state index contributed by atoms with van der Waals surface area (Å²) in [5.41, 5.74) is -0.660. The highest BCUT2D eigenvalue weighted by Gasteiger charge is 2.35. The lowest BCUT2D eigenvalue weighted by Crippen LogP contribution is -2.42. The molecule has 1 heterocycles. The number of aromatic nitrogens is 1. The Bertz CT molecular complexity index is 1030. The van der Waals surface area contributed by atoms with Crippen molar-refractivity contribution in [1.82, 2.24) is 10.3 Å². The van der Waals surface area contributed by atoms with E-state index < -0.39 is 17.6 Å². The van der Waals surface area contributed by atoms with Crippen LogP contribution in [0.5, 0.6) is 0 Å². The van der Waals surface area contributed by atoms with E-state index in [2.05, 4.69) is 10.3 Å². The molecule has 8 heteroatoms. The third-order valence-corrected chi connectivity index (χ3v) is 6.33. The predicted molar refractivity (Wildman–Crippen MR) is 103 cm³/mol. The zero-order chi connectivity index (χ0) is 20.6. The predicted octanol–water partition coefficient (Wildman–Crippen LogP) is 5.94. The van der Waals surface area contributed by atoms with Gasteiger partial charge in [0.25, 0.3) is 0 Å². The van der Waals surface area contributed by atoms with Gasteiger partial charge in [0.15, 0.2) is 0 Å². The molecule has 4 rings (SSSR count). The van der Waals surface area contributed by atoms with Crippen LogP contribution in [0.4, 0.5) is 22.0 Å². The standard InChI is InChI=1S/C21H17F5N2S/c22-19-3-1-12-10-27-6-5-16(12)17(19)11-28-13-7-15(8-13)29-14-2-4-20(23)18(9-14)21(24,25)26/h1-6,9-10,13,15,28H,7-8,11H2. The van der Waals surface area contributed by atoms with Crippen LogP contribution in [0.3, 0.4) is 0 Å². The number of halogens is 5. The summed E-state index contributed by atoms with van der Waals surface area (Å²) in [6.45, 7) is 0.365. The minimum atomic E-state index is -4.71. The Balaban J connectivity index is 1.34. The van der Waals surface area contributed by atoms with E-state index in [9.17, 15) is 22.0 Å². The summed E-state index contributed by atoms with van der Waals surface area (Å²) in [6.07, 6.45) is 0.0997. The molecule has 0 atom stereocenters. The molecule has 1 N–H and O–H groups in total. The van der Waals surface area contributed by atoms with Gasteiger partial charge in [-0.05, 0) is 54.6 Å². The van der Waals surface area contributed by atoms with Crippen LogP contribution >= 0.6 is 11.8 Å². The number of pyridine rings is 1. The van der Waals surface area contributed by atoms with Crippen LogP contribution < -0.4 is 5.32 Å². The Hall–Kier alpha value is -2.19. The first-order valence-electron chi connectivity index (χ1n) is 9.09. The molecule has 0 radical (unpaired) electrons. The zero-order valence-electron chi connectivity index (χ0n) is 15.1. The van der Waals surface area contributed by atoms with Crippen LogP contribution in [-0.4, -0.2) is 16.3 Å². The first kappa shape index (κ1) is 20.1. The minimum Gasteiger partial charge on any atom is -0.310 e. The van der Waals surface area contributed by atoms with Gasteiger partial charge in [-0.1, -0.05) is 0 Å². The SMILES string of the molecule is Fc1ccc(SC2CC(NCc3c(F)ccc4cnccc34)C2)cc1C(F)(F)F. The quantitative estimate of drug-likeness (QED) is 0.513. The van der Waals surface area contributed by atoms with Crippen molar-refractivity contribution in [3.8, 4) is 0 Å². The Labute approximate surface area is 168 Å². The molecule has 1 saturated carbocycles. The second-order valence-electron chi connectivity index (χ2n) is 7.05. The van der Waals surface area contributed by atoms with Crippen LogP contribution in [0.1, 0.15) is 24.0 Å². The van der Waals surface area contributed by atoms with E-state index in [-0.39, 0.29) is 17.1 Å². The van der Waals surface area contributed by atoms with Crippen LogP contribution in [0.2, 0.25) is 0 Å². The normalized spacial score (nSPS) is 19.3. The van der Waals surface area contributed by atoms with Crippen molar-refractivity contribution < 1.29 is 22.0 Å². The molecule has 0 saturated heterocycles.